The highest BCUT2D eigenvalue weighted by Gasteiger charge is 2.08. The van der Waals surface area contributed by atoms with Gasteiger partial charge in [-0.25, -0.2) is 0 Å². The van der Waals surface area contributed by atoms with E-state index in [1.807, 2.05) is 49.4 Å². The monoisotopic (exact) mass is 349 g/mol. The molecule has 0 heterocycles. The van der Waals surface area contributed by atoms with E-state index in [-0.39, 0.29) is 11.9 Å². The van der Waals surface area contributed by atoms with Crippen LogP contribution in [0.5, 0.6) is 5.75 Å². The van der Waals surface area contributed by atoms with Gasteiger partial charge in [-0.1, -0.05) is 41.9 Å². The van der Waals surface area contributed by atoms with E-state index in [1.165, 1.54) is 0 Å². The van der Waals surface area contributed by atoms with Crippen LogP contribution in [0.15, 0.2) is 54.6 Å². The zero-order chi connectivity index (χ0) is 16.5. The number of ether oxygens (including phenoxy) is 1. The molecule has 0 aliphatic heterocycles. The van der Waals surface area contributed by atoms with Crippen molar-refractivity contribution in [3.8, 4) is 5.75 Å². The van der Waals surface area contributed by atoms with Gasteiger partial charge in [-0.05, 0) is 36.8 Å². The zero-order valence-corrected chi connectivity index (χ0v) is 14.6. The van der Waals surface area contributed by atoms with Crippen LogP contribution in [0.2, 0.25) is 5.02 Å². The number of hydrogen-bond donors (Lipinski definition) is 1. The van der Waals surface area contributed by atoms with Crippen LogP contribution in [-0.2, 0) is 4.79 Å². The first-order valence-electron chi connectivity index (χ1n) is 7.45. The first-order valence-corrected chi connectivity index (χ1v) is 8.99. The molecule has 0 unspecified atom stereocenters. The molecule has 0 aliphatic carbocycles. The van der Waals surface area contributed by atoms with Crippen LogP contribution in [0, 0.1) is 0 Å². The van der Waals surface area contributed by atoms with Gasteiger partial charge in [0.2, 0.25) is 5.91 Å². The highest BCUT2D eigenvalue weighted by Crippen LogP contribution is 2.16. The smallest absolute Gasteiger partial charge is 0.230 e. The van der Waals surface area contributed by atoms with E-state index in [2.05, 4.69) is 5.32 Å². The van der Waals surface area contributed by atoms with E-state index < -0.39 is 0 Å². The average Bonchev–Trinajstić information content (AvgIpc) is 2.57. The first-order chi connectivity index (χ1) is 11.1. The maximum absolute atomic E-state index is 11.9. The van der Waals surface area contributed by atoms with Gasteiger partial charge in [0.15, 0.2) is 0 Å². The van der Waals surface area contributed by atoms with Crippen molar-refractivity contribution in [1.82, 2.24) is 5.32 Å². The number of thioether (sulfide) groups is 1. The molecule has 0 aromatic heterocycles. The predicted molar refractivity (Wildman–Crippen MR) is 97.3 cm³/mol. The van der Waals surface area contributed by atoms with Crippen molar-refractivity contribution in [2.75, 3.05) is 18.1 Å². The Bertz CT molecular complexity index is 604. The van der Waals surface area contributed by atoms with Gasteiger partial charge in [0.1, 0.15) is 5.75 Å². The molecular formula is C18H20ClNO2S. The lowest BCUT2D eigenvalue weighted by atomic mass is 10.1. The maximum Gasteiger partial charge on any atom is 0.230 e. The molecule has 23 heavy (non-hydrogen) atoms. The molecule has 5 heteroatoms. The third kappa shape index (κ3) is 6.55. The van der Waals surface area contributed by atoms with Gasteiger partial charge in [-0.2, -0.15) is 0 Å². The molecule has 0 saturated heterocycles. The van der Waals surface area contributed by atoms with Gasteiger partial charge in [-0.15, -0.1) is 11.8 Å². The lowest BCUT2D eigenvalue weighted by Gasteiger charge is -2.14. The molecule has 1 N–H and O–H groups in total. The standard InChI is InChI=1S/C18H20ClNO2S/c1-14(15-5-3-2-4-6-15)20-18(21)13-23-12-11-22-17-9-7-16(19)8-10-17/h2-10,14H,11-13H2,1H3,(H,20,21)/t14-/m0/s1. The first kappa shape index (κ1) is 17.7. The number of amides is 1. The molecule has 2 aromatic carbocycles. The van der Waals surface area contributed by atoms with E-state index in [0.717, 1.165) is 17.1 Å². The normalized spacial score (nSPS) is 11.7. The molecule has 0 spiro atoms. The zero-order valence-electron chi connectivity index (χ0n) is 13.0. The molecule has 0 saturated carbocycles. The molecule has 3 nitrogen and oxygen atoms in total. The summed E-state index contributed by atoms with van der Waals surface area (Å²) in [5.74, 6) is 2.02. The summed E-state index contributed by atoms with van der Waals surface area (Å²) in [6, 6.07) is 17.2. The average molecular weight is 350 g/mol. The lowest BCUT2D eigenvalue weighted by molar-refractivity contribution is -0.119. The van der Waals surface area contributed by atoms with Crippen LogP contribution in [-0.4, -0.2) is 24.0 Å². The van der Waals surface area contributed by atoms with Crippen molar-refractivity contribution < 1.29 is 9.53 Å². The minimum Gasteiger partial charge on any atom is -0.493 e. The van der Waals surface area contributed by atoms with Crippen molar-refractivity contribution in [2.45, 2.75) is 13.0 Å². The second-order valence-corrected chi connectivity index (χ2v) is 6.60. The van der Waals surface area contributed by atoms with Gasteiger partial charge < -0.3 is 10.1 Å². The van der Waals surface area contributed by atoms with Gasteiger partial charge in [0.25, 0.3) is 0 Å². The SMILES string of the molecule is C[C@H](NC(=O)CSCCOc1ccc(Cl)cc1)c1ccccc1. The van der Waals surface area contributed by atoms with Crippen LogP contribution < -0.4 is 10.1 Å². The fourth-order valence-electron chi connectivity index (χ4n) is 2.02. The Morgan fingerprint density at radius 3 is 2.57 bits per heavy atom. The minimum atomic E-state index is 0.0228. The molecule has 122 valence electrons. The number of carbonyl (C=O) groups excluding carboxylic acids is 1. The number of benzene rings is 2. The molecule has 2 rings (SSSR count). The fourth-order valence-corrected chi connectivity index (χ4v) is 2.76. The van der Waals surface area contributed by atoms with Crippen LogP contribution in [0.4, 0.5) is 0 Å². The summed E-state index contributed by atoms with van der Waals surface area (Å²) >= 11 is 7.37. The van der Waals surface area contributed by atoms with Crippen LogP contribution >= 0.6 is 23.4 Å². The Kier molecular flexibility index (Phi) is 7.30. The summed E-state index contributed by atoms with van der Waals surface area (Å²) < 4.78 is 5.58. The molecular weight excluding hydrogens is 330 g/mol. The van der Waals surface area contributed by atoms with Gasteiger partial charge in [-0.3, -0.25) is 4.79 Å². The van der Waals surface area contributed by atoms with E-state index in [1.54, 1.807) is 23.9 Å². The topological polar surface area (TPSA) is 38.3 Å². The summed E-state index contributed by atoms with van der Waals surface area (Å²) in [6.45, 7) is 2.55. The highest BCUT2D eigenvalue weighted by atomic mass is 35.5. The largest absolute Gasteiger partial charge is 0.493 e. The Morgan fingerprint density at radius 2 is 1.87 bits per heavy atom. The second-order valence-electron chi connectivity index (χ2n) is 5.05. The second kappa shape index (κ2) is 9.48. The van der Waals surface area contributed by atoms with E-state index in [4.69, 9.17) is 16.3 Å². The third-order valence-corrected chi connectivity index (χ3v) is 4.39. The number of carbonyl (C=O) groups is 1. The van der Waals surface area contributed by atoms with E-state index in [9.17, 15) is 4.79 Å². The Hall–Kier alpha value is -1.65. The lowest BCUT2D eigenvalue weighted by Crippen LogP contribution is -2.28. The van der Waals surface area contributed by atoms with Crippen LogP contribution in [0.3, 0.4) is 0 Å². The van der Waals surface area contributed by atoms with E-state index in [0.29, 0.717) is 17.4 Å². The van der Waals surface area contributed by atoms with Crippen LogP contribution in [0.25, 0.3) is 0 Å². The van der Waals surface area contributed by atoms with Crippen molar-refractivity contribution in [2.24, 2.45) is 0 Å². The van der Waals surface area contributed by atoms with E-state index >= 15 is 0 Å². The summed E-state index contributed by atoms with van der Waals surface area (Å²) in [5.41, 5.74) is 1.11. The van der Waals surface area contributed by atoms with Gasteiger partial charge in [0, 0.05) is 10.8 Å². The maximum atomic E-state index is 11.9. The molecule has 1 amide bonds. The Labute approximate surface area is 146 Å². The summed E-state index contributed by atoms with van der Waals surface area (Å²) in [5, 5.41) is 3.69. The summed E-state index contributed by atoms with van der Waals surface area (Å²) in [7, 11) is 0. The highest BCUT2D eigenvalue weighted by molar-refractivity contribution is 7.99. The van der Waals surface area contributed by atoms with Crippen LogP contribution in [0.1, 0.15) is 18.5 Å². The third-order valence-electron chi connectivity index (χ3n) is 3.22. The van der Waals surface area contributed by atoms with Gasteiger partial charge in [0.05, 0.1) is 18.4 Å². The molecule has 0 radical (unpaired) electrons. The molecule has 2 aromatic rings. The number of halogens is 1. The van der Waals surface area contributed by atoms with Crippen molar-refractivity contribution >= 4 is 29.3 Å². The predicted octanol–water partition coefficient (Wildman–Crippen LogP) is 4.33. The van der Waals surface area contributed by atoms with Gasteiger partial charge >= 0.3 is 0 Å². The molecule has 0 aliphatic rings. The van der Waals surface area contributed by atoms with Crippen molar-refractivity contribution in [3.63, 3.8) is 0 Å². The number of hydrogen-bond acceptors (Lipinski definition) is 3. The molecule has 0 fully saturated rings. The summed E-state index contributed by atoms with van der Waals surface area (Å²) in [6.07, 6.45) is 0. The fraction of sp³-hybridized carbons (Fsp3) is 0.278. The molecule has 0 bridgehead atoms. The molecule has 1 atom stereocenters. The summed E-state index contributed by atoms with van der Waals surface area (Å²) in [4.78, 5) is 11.9. The van der Waals surface area contributed by atoms with Crippen molar-refractivity contribution in [1.29, 1.82) is 0 Å². The number of rotatable bonds is 8. The Balaban J connectivity index is 1.60. The quantitative estimate of drug-likeness (QED) is 0.721. The van der Waals surface area contributed by atoms with Crippen molar-refractivity contribution in [3.05, 3.63) is 65.2 Å². The Morgan fingerprint density at radius 1 is 1.17 bits per heavy atom. The minimum absolute atomic E-state index is 0.0228. The number of nitrogens with one attached hydrogen (secondary N) is 1.